The molecule has 1 aliphatic carbocycles. The Morgan fingerprint density at radius 3 is 1.93 bits per heavy atom. The molecule has 43 heavy (non-hydrogen) atoms. The quantitative estimate of drug-likeness (QED) is 0.153. The fourth-order valence-corrected chi connectivity index (χ4v) is 4.15. The summed E-state index contributed by atoms with van der Waals surface area (Å²) in [5, 5.41) is 10.8. The highest BCUT2D eigenvalue weighted by Gasteiger charge is 2.21. The van der Waals surface area contributed by atoms with Crippen LogP contribution < -0.4 is 21.3 Å². The summed E-state index contributed by atoms with van der Waals surface area (Å²) < 4.78 is 20.3. The monoisotopic (exact) mass is 602 g/mol. The Hall–Kier alpha value is -4.22. The minimum atomic E-state index is -0.621. The maximum absolute atomic E-state index is 12.3. The standard InChI is InChI=1S/C31H46N4O8/c1-31(2,3)21-26(35-30(39)43-20-19-42-29(38)34-23-25-13-8-5-9-14-25)15-10-16-32-27(36)40-17-18-41-28(37)33-22-24-11-6-4-7-12-24/h4,6-8,11-14,26H,5,9-10,15-23H2,1-3H3,(H,32,36)(H,33,37)(H,34,38)(H,35,39). The molecule has 0 heterocycles. The SMILES string of the molecule is CC(C)(C)CC(CCCNC(=O)OCCOC(=O)NCc1ccccc1)NC(=O)OCCOC(=O)NCC1=CCCC=C1. The minimum Gasteiger partial charge on any atom is -0.446 e. The van der Waals surface area contributed by atoms with Crippen molar-refractivity contribution in [1.29, 1.82) is 0 Å². The fraction of sp³-hybridized carbons (Fsp3) is 0.548. The van der Waals surface area contributed by atoms with Gasteiger partial charge in [-0.25, -0.2) is 19.2 Å². The van der Waals surface area contributed by atoms with Gasteiger partial charge in [0.05, 0.1) is 0 Å². The summed E-state index contributed by atoms with van der Waals surface area (Å²) in [6.45, 7) is 6.99. The topological polar surface area (TPSA) is 153 Å². The van der Waals surface area contributed by atoms with Crippen LogP contribution in [0.4, 0.5) is 19.2 Å². The van der Waals surface area contributed by atoms with Crippen LogP contribution in [-0.4, -0.2) is 69.9 Å². The van der Waals surface area contributed by atoms with E-state index >= 15 is 0 Å². The summed E-state index contributed by atoms with van der Waals surface area (Å²) in [5.74, 6) is 0. The molecule has 0 saturated heterocycles. The first-order chi connectivity index (χ1) is 20.6. The zero-order chi connectivity index (χ0) is 31.3. The summed E-state index contributed by atoms with van der Waals surface area (Å²) in [6.07, 6.45) is 7.55. The highest BCUT2D eigenvalue weighted by Crippen LogP contribution is 2.22. The minimum absolute atomic E-state index is 0.0537. The van der Waals surface area contributed by atoms with Crippen LogP contribution in [0.15, 0.2) is 54.1 Å². The highest BCUT2D eigenvalue weighted by atomic mass is 16.6. The number of nitrogens with one attached hydrogen (secondary N) is 4. The zero-order valence-corrected chi connectivity index (χ0v) is 25.4. The van der Waals surface area contributed by atoms with E-state index in [1.807, 2.05) is 36.4 Å². The van der Waals surface area contributed by atoms with Gasteiger partial charge in [-0.3, -0.25) is 0 Å². The lowest BCUT2D eigenvalue weighted by Crippen LogP contribution is -2.39. The van der Waals surface area contributed by atoms with E-state index in [1.165, 1.54) is 0 Å². The van der Waals surface area contributed by atoms with Crippen LogP contribution in [0.3, 0.4) is 0 Å². The summed E-state index contributed by atoms with van der Waals surface area (Å²) in [5.41, 5.74) is 1.92. The molecule has 0 spiro atoms. The van der Waals surface area contributed by atoms with Crippen molar-refractivity contribution >= 4 is 24.4 Å². The molecule has 12 nitrogen and oxygen atoms in total. The molecule has 12 heteroatoms. The molecular formula is C31H46N4O8. The van der Waals surface area contributed by atoms with Gasteiger partial charge in [0.25, 0.3) is 0 Å². The first-order valence-corrected chi connectivity index (χ1v) is 14.7. The van der Waals surface area contributed by atoms with Gasteiger partial charge in [0, 0.05) is 25.7 Å². The third-order valence-electron chi connectivity index (χ3n) is 6.07. The van der Waals surface area contributed by atoms with Crippen LogP contribution in [0.5, 0.6) is 0 Å². The van der Waals surface area contributed by atoms with Crippen LogP contribution in [0.25, 0.3) is 0 Å². The van der Waals surface area contributed by atoms with Gasteiger partial charge in [0.1, 0.15) is 26.4 Å². The zero-order valence-electron chi connectivity index (χ0n) is 25.4. The first kappa shape index (κ1) is 35.0. The molecule has 1 aromatic carbocycles. The van der Waals surface area contributed by atoms with Crippen molar-refractivity contribution < 1.29 is 38.1 Å². The summed E-state index contributed by atoms with van der Waals surface area (Å²) >= 11 is 0. The van der Waals surface area contributed by atoms with Crippen molar-refractivity contribution in [3.8, 4) is 0 Å². The number of alkyl carbamates (subject to hydrolysis) is 4. The largest absolute Gasteiger partial charge is 0.446 e. The number of carbonyl (C=O) groups excluding carboxylic acids is 4. The van der Waals surface area contributed by atoms with E-state index in [0.29, 0.717) is 38.9 Å². The van der Waals surface area contributed by atoms with E-state index in [4.69, 9.17) is 18.9 Å². The van der Waals surface area contributed by atoms with Crippen LogP contribution in [0.2, 0.25) is 0 Å². The molecule has 0 saturated carbocycles. The van der Waals surface area contributed by atoms with Crippen LogP contribution in [0, 0.1) is 5.41 Å². The molecule has 4 N–H and O–H groups in total. The second kappa shape index (κ2) is 19.8. The Morgan fingerprint density at radius 1 is 0.767 bits per heavy atom. The predicted octanol–water partition coefficient (Wildman–Crippen LogP) is 4.95. The Labute approximate surface area is 253 Å². The molecule has 0 bridgehead atoms. The van der Waals surface area contributed by atoms with Crippen molar-refractivity contribution in [2.75, 3.05) is 39.5 Å². The number of hydrogen-bond donors (Lipinski definition) is 4. The second-order valence-electron chi connectivity index (χ2n) is 11.2. The van der Waals surface area contributed by atoms with Gasteiger partial charge in [-0.1, -0.05) is 69.3 Å². The summed E-state index contributed by atoms with van der Waals surface area (Å²) in [7, 11) is 0. The van der Waals surface area contributed by atoms with E-state index in [0.717, 1.165) is 24.0 Å². The summed E-state index contributed by atoms with van der Waals surface area (Å²) in [6, 6.07) is 9.23. The lowest BCUT2D eigenvalue weighted by molar-refractivity contribution is 0.0925. The average molecular weight is 603 g/mol. The summed E-state index contributed by atoms with van der Waals surface area (Å²) in [4.78, 5) is 47.8. The molecule has 0 aliphatic heterocycles. The van der Waals surface area contributed by atoms with Crippen molar-refractivity contribution in [1.82, 2.24) is 21.3 Å². The predicted molar refractivity (Wildman–Crippen MR) is 161 cm³/mol. The number of rotatable bonds is 16. The van der Waals surface area contributed by atoms with Crippen molar-refractivity contribution in [3.63, 3.8) is 0 Å². The third kappa shape index (κ3) is 18.0. The van der Waals surface area contributed by atoms with Crippen molar-refractivity contribution in [2.24, 2.45) is 5.41 Å². The van der Waals surface area contributed by atoms with Gasteiger partial charge < -0.3 is 40.2 Å². The Balaban J connectivity index is 1.55. The maximum atomic E-state index is 12.3. The number of hydrogen-bond acceptors (Lipinski definition) is 8. The Morgan fingerprint density at radius 2 is 1.35 bits per heavy atom. The molecule has 1 aromatic rings. The molecule has 0 radical (unpaired) electrons. The second-order valence-corrected chi connectivity index (χ2v) is 11.2. The van der Waals surface area contributed by atoms with Crippen LogP contribution in [0.1, 0.15) is 58.4 Å². The lowest BCUT2D eigenvalue weighted by Gasteiger charge is -2.26. The van der Waals surface area contributed by atoms with Crippen LogP contribution >= 0.6 is 0 Å². The highest BCUT2D eigenvalue weighted by molar-refractivity contribution is 5.69. The molecular weight excluding hydrogens is 556 g/mol. The molecule has 238 valence electrons. The van der Waals surface area contributed by atoms with Crippen molar-refractivity contribution in [3.05, 3.63) is 59.7 Å². The van der Waals surface area contributed by atoms with E-state index in [-0.39, 0.29) is 37.9 Å². The van der Waals surface area contributed by atoms with Gasteiger partial charge in [-0.2, -0.15) is 0 Å². The number of carbonyl (C=O) groups is 4. The first-order valence-electron chi connectivity index (χ1n) is 14.7. The number of ether oxygens (including phenoxy) is 4. The Kier molecular flexibility index (Phi) is 16.1. The van der Waals surface area contributed by atoms with E-state index in [9.17, 15) is 19.2 Å². The molecule has 2 rings (SSSR count). The van der Waals surface area contributed by atoms with E-state index in [2.05, 4.69) is 54.2 Å². The molecule has 1 atom stereocenters. The third-order valence-corrected chi connectivity index (χ3v) is 6.07. The average Bonchev–Trinajstić information content (AvgIpc) is 2.98. The number of allylic oxidation sites excluding steroid dienone is 2. The normalized spacial score (nSPS) is 13.1. The lowest BCUT2D eigenvalue weighted by atomic mass is 9.86. The number of benzene rings is 1. The van der Waals surface area contributed by atoms with Gasteiger partial charge in [0.15, 0.2) is 0 Å². The van der Waals surface area contributed by atoms with Gasteiger partial charge >= 0.3 is 24.4 Å². The Bertz CT molecular complexity index is 1070. The fourth-order valence-electron chi connectivity index (χ4n) is 4.15. The van der Waals surface area contributed by atoms with Gasteiger partial charge in [-0.15, -0.1) is 0 Å². The number of amides is 4. The molecule has 0 fully saturated rings. The van der Waals surface area contributed by atoms with Crippen molar-refractivity contribution in [2.45, 2.75) is 65.5 Å². The molecule has 1 unspecified atom stereocenters. The molecule has 4 amide bonds. The van der Waals surface area contributed by atoms with Gasteiger partial charge in [-0.05, 0) is 48.7 Å². The van der Waals surface area contributed by atoms with Crippen LogP contribution in [-0.2, 0) is 25.5 Å². The van der Waals surface area contributed by atoms with Gasteiger partial charge in [0.2, 0.25) is 0 Å². The smallest absolute Gasteiger partial charge is 0.407 e. The maximum Gasteiger partial charge on any atom is 0.407 e. The van der Waals surface area contributed by atoms with E-state index < -0.39 is 24.4 Å². The van der Waals surface area contributed by atoms with E-state index in [1.54, 1.807) is 0 Å². The molecule has 1 aliphatic rings. The molecule has 0 aromatic heterocycles.